The number of aromatic nitrogens is 2. The number of amides is 1. The Morgan fingerprint density at radius 3 is 2.85 bits per heavy atom. The maximum atomic E-state index is 12.7. The zero-order chi connectivity index (χ0) is 18.6. The average Bonchev–Trinajstić information content (AvgIpc) is 3.38. The Morgan fingerprint density at radius 2 is 2.07 bits per heavy atom. The molecule has 6 nitrogen and oxygen atoms in total. The molecule has 1 aromatic carbocycles. The van der Waals surface area contributed by atoms with E-state index in [0.717, 1.165) is 10.4 Å². The topological polar surface area (TPSA) is 68.5 Å². The minimum absolute atomic E-state index is 0.00161. The molecule has 1 saturated heterocycles. The van der Waals surface area contributed by atoms with Gasteiger partial charge in [-0.15, -0.1) is 11.3 Å². The highest BCUT2D eigenvalue weighted by Crippen LogP contribution is 2.26. The smallest absolute Gasteiger partial charge is 0.227 e. The summed E-state index contributed by atoms with van der Waals surface area (Å²) in [7, 11) is 0. The van der Waals surface area contributed by atoms with Crippen LogP contribution in [0.2, 0.25) is 0 Å². The second-order valence-corrected chi connectivity index (χ2v) is 7.58. The first kappa shape index (κ1) is 17.9. The highest BCUT2D eigenvalue weighted by molar-refractivity contribution is 7.13. The van der Waals surface area contributed by atoms with Gasteiger partial charge in [-0.1, -0.05) is 41.6 Å². The second-order valence-electron chi connectivity index (χ2n) is 6.63. The van der Waals surface area contributed by atoms with Gasteiger partial charge in [-0.2, -0.15) is 4.98 Å². The van der Waals surface area contributed by atoms with Crippen LogP contribution in [0.1, 0.15) is 30.9 Å². The molecule has 0 N–H and O–H groups in total. The molecule has 2 aromatic heterocycles. The number of aryl methyl sites for hydroxylation is 1. The van der Waals surface area contributed by atoms with E-state index in [1.165, 1.54) is 0 Å². The van der Waals surface area contributed by atoms with Gasteiger partial charge in [-0.25, -0.2) is 0 Å². The number of hydrogen-bond acceptors (Lipinski definition) is 6. The van der Waals surface area contributed by atoms with Crippen molar-refractivity contribution in [2.24, 2.45) is 0 Å². The first-order valence-corrected chi connectivity index (χ1v) is 9.91. The minimum Gasteiger partial charge on any atom is -0.367 e. The molecule has 2 atom stereocenters. The SMILES string of the molecule is CC1CN(C(=O)CCc2nc(-c3cccs3)no2)CC(c2ccccc2)O1. The summed E-state index contributed by atoms with van der Waals surface area (Å²) in [5, 5.41) is 5.96. The lowest BCUT2D eigenvalue weighted by Gasteiger charge is -2.37. The van der Waals surface area contributed by atoms with Crippen LogP contribution in [-0.2, 0) is 16.0 Å². The van der Waals surface area contributed by atoms with E-state index in [1.807, 2.05) is 59.7 Å². The highest BCUT2D eigenvalue weighted by atomic mass is 32.1. The van der Waals surface area contributed by atoms with Crippen LogP contribution in [0.3, 0.4) is 0 Å². The fourth-order valence-corrected chi connectivity index (χ4v) is 3.89. The van der Waals surface area contributed by atoms with Gasteiger partial charge in [0.05, 0.1) is 17.5 Å². The molecule has 1 aliphatic heterocycles. The first-order chi connectivity index (χ1) is 13.2. The molecule has 0 spiro atoms. The maximum absolute atomic E-state index is 12.7. The van der Waals surface area contributed by atoms with Crippen LogP contribution in [0.25, 0.3) is 10.7 Å². The summed E-state index contributed by atoms with van der Waals surface area (Å²) >= 11 is 1.56. The molecule has 27 heavy (non-hydrogen) atoms. The summed E-state index contributed by atoms with van der Waals surface area (Å²) in [6.45, 7) is 3.17. The van der Waals surface area contributed by atoms with Crippen molar-refractivity contribution in [2.75, 3.05) is 13.1 Å². The number of nitrogens with zero attached hydrogens (tertiary/aromatic N) is 3. The normalized spacial score (nSPS) is 20.0. The molecular weight excluding hydrogens is 362 g/mol. The fraction of sp³-hybridized carbons (Fsp3) is 0.350. The summed E-state index contributed by atoms with van der Waals surface area (Å²) in [6, 6.07) is 13.9. The van der Waals surface area contributed by atoms with Gasteiger partial charge in [-0.05, 0) is 23.9 Å². The number of morpholine rings is 1. The third-order valence-electron chi connectivity index (χ3n) is 4.55. The molecule has 3 aromatic rings. The summed E-state index contributed by atoms with van der Waals surface area (Å²) in [5.74, 6) is 1.16. The number of carbonyl (C=O) groups is 1. The summed E-state index contributed by atoms with van der Waals surface area (Å²) in [4.78, 5) is 19.9. The molecule has 7 heteroatoms. The Labute approximate surface area is 161 Å². The molecule has 0 radical (unpaired) electrons. The number of ether oxygens (including phenoxy) is 1. The van der Waals surface area contributed by atoms with Crippen LogP contribution in [0, 0.1) is 0 Å². The quantitative estimate of drug-likeness (QED) is 0.672. The lowest BCUT2D eigenvalue weighted by atomic mass is 10.1. The Bertz CT molecular complexity index is 879. The molecule has 2 unspecified atom stereocenters. The first-order valence-electron chi connectivity index (χ1n) is 9.03. The molecule has 1 amide bonds. The zero-order valence-corrected chi connectivity index (χ0v) is 15.9. The molecule has 0 aliphatic carbocycles. The van der Waals surface area contributed by atoms with E-state index in [0.29, 0.717) is 37.6 Å². The van der Waals surface area contributed by atoms with Gasteiger partial charge in [0.25, 0.3) is 0 Å². The minimum atomic E-state index is -0.0901. The van der Waals surface area contributed by atoms with Gasteiger partial charge in [0.15, 0.2) is 0 Å². The van der Waals surface area contributed by atoms with Crippen LogP contribution in [-0.4, -0.2) is 40.1 Å². The predicted molar refractivity (Wildman–Crippen MR) is 102 cm³/mol. The lowest BCUT2D eigenvalue weighted by molar-refractivity contribution is -0.144. The summed E-state index contributed by atoms with van der Waals surface area (Å²) in [6.07, 6.45) is 0.702. The van der Waals surface area contributed by atoms with E-state index in [1.54, 1.807) is 11.3 Å². The van der Waals surface area contributed by atoms with E-state index in [2.05, 4.69) is 10.1 Å². The van der Waals surface area contributed by atoms with Crippen molar-refractivity contribution < 1.29 is 14.1 Å². The third kappa shape index (κ3) is 4.26. The molecule has 3 heterocycles. The van der Waals surface area contributed by atoms with Crippen molar-refractivity contribution in [3.8, 4) is 10.7 Å². The Hall–Kier alpha value is -2.51. The largest absolute Gasteiger partial charge is 0.367 e. The van der Waals surface area contributed by atoms with Crippen molar-refractivity contribution in [3.63, 3.8) is 0 Å². The molecule has 1 aliphatic rings. The Balaban J connectivity index is 1.36. The number of benzene rings is 1. The number of carbonyl (C=O) groups excluding carboxylic acids is 1. The molecule has 1 fully saturated rings. The van der Waals surface area contributed by atoms with E-state index in [-0.39, 0.29) is 18.1 Å². The van der Waals surface area contributed by atoms with E-state index in [4.69, 9.17) is 9.26 Å². The standard InChI is InChI=1S/C20H21N3O3S/c1-14-12-23(13-16(25-14)15-6-3-2-4-7-15)19(24)10-9-18-21-20(22-26-18)17-8-5-11-27-17/h2-8,11,14,16H,9-10,12-13H2,1H3. The molecule has 0 bridgehead atoms. The van der Waals surface area contributed by atoms with Gasteiger partial charge in [0, 0.05) is 19.4 Å². The van der Waals surface area contributed by atoms with Gasteiger partial charge in [-0.3, -0.25) is 4.79 Å². The van der Waals surface area contributed by atoms with Crippen LogP contribution in [0.5, 0.6) is 0 Å². The molecule has 4 rings (SSSR count). The third-order valence-corrected chi connectivity index (χ3v) is 5.41. The predicted octanol–water partition coefficient (Wildman–Crippen LogP) is 3.72. The van der Waals surface area contributed by atoms with Gasteiger partial charge in [0.2, 0.25) is 17.6 Å². The van der Waals surface area contributed by atoms with Crippen LogP contribution < -0.4 is 0 Å². The van der Waals surface area contributed by atoms with Crippen molar-refractivity contribution >= 4 is 17.2 Å². The van der Waals surface area contributed by atoms with E-state index in [9.17, 15) is 4.79 Å². The Kier molecular flexibility index (Phi) is 5.31. The van der Waals surface area contributed by atoms with Crippen LogP contribution in [0.15, 0.2) is 52.4 Å². The zero-order valence-electron chi connectivity index (χ0n) is 15.1. The Morgan fingerprint density at radius 1 is 1.22 bits per heavy atom. The molecular formula is C20H21N3O3S. The van der Waals surface area contributed by atoms with E-state index >= 15 is 0 Å². The highest BCUT2D eigenvalue weighted by Gasteiger charge is 2.29. The van der Waals surface area contributed by atoms with Crippen molar-refractivity contribution in [1.82, 2.24) is 15.0 Å². The van der Waals surface area contributed by atoms with Gasteiger partial charge in [0.1, 0.15) is 6.10 Å². The fourth-order valence-electron chi connectivity index (χ4n) is 3.24. The lowest BCUT2D eigenvalue weighted by Crippen LogP contribution is -2.46. The van der Waals surface area contributed by atoms with Crippen molar-refractivity contribution in [1.29, 1.82) is 0 Å². The summed E-state index contributed by atoms with van der Waals surface area (Å²) < 4.78 is 11.3. The maximum Gasteiger partial charge on any atom is 0.227 e. The number of thiophene rings is 1. The van der Waals surface area contributed by atoms with E-state index < -0.39 is 0 Å². The molecule has 140 valence electrons. The average molecular weight is 383 g/mol. The van der Waals surface area contributed by atoms with Crippen LogP contribution in [0.4, 0.5) is 0 Å². The van der Waals surface area contributed by atoms with Crippen molar-refractivity contribution in [3.05, 3.63) is 59.3 Å². The van der Waals surface area contributed by atoms with Gasteiger partial charge < -0.3 is 14.2 Å². The number of rotatable bonds is 5. The summed E-state index contributed by atoms with van der Waals surface area (Å²) in [5.41, 5.74) is 1.10. The van der Waals surface area contributed by atoms with Crippen LogP contribution >= 0.6 is 11.3 Å². The monoisotopic (exact) mass is 383 g/mol. The number of hydrogen-bond donors (Lipinski definition) is 0. The second kappa shape index (κ2) is 8.02. The molecule has 0 saturated carbocycles. The van der Waals surface area contributed by atoms with Crippen molar-refractivity contribution in [2.45, 2.75) is 32.0 Å². The van der Waals surface area contributed by atoms with Gasteiger partial charge >= 0.3 is 0 Å².